The van der Waals surface area contributed by atoms with Gasteiger partial charge in [-0.3, -0.25) is 4.79 Å². The van der Waals surface area contributed by atoms with E-state index >= 15 is 0 Å². The first-order chi connectivity index (χ1) is 18.3. The van der Waals surface area contributed by atoms with Gasteiger partial charge in [-0.25, -0.2) is 4.79 Å². The van der Waals surface area contributed by atoms with E-state index in [1.807, 2.05) is 19.0 Å². The average molecular weight is 546 g/mol. The van der Waals surface area contributed by atoms with Gasteiger partial charge in [0.25, 0.3) is 0 Å². The van der Waals surface area contributed by atoms with E-state index in [1.54, 1.807) is 24.9 Å². The molecule has 1 spiro atoms. The Hall–Kier alpha value is -2.16. The Labute approximate surface area is 235 Å². The maximum atomic E-state index is 12.4. The molecule has 2 saturated heterocycles. The van der Waals surface area contributed by atoms with Gasteiger partial charge in [0.2, 0.25) is 5.91 Å². The first-order valence-corrected chi connectivity index (χ1v) is 14.6. The summed E-state index contributed by atoms with van der Waals surface area (Å²) in [6.45, 7) is 10.4. The molecule has 1 saturated carbocycles. The van der Waals surface area contributed by atoms with Crippen molar-refractivity contribution in [2.75, 3.05) is 40.8 Å². The van der Waals surface area contributed by atoms with E-state index < -0.39 is 6.10 Å². The maximum Gasteiger partial charge on any atom is 0.410 e. The number of hydrogen-bond donors (Lipinski definition) is 1. The van der Waals surface area contributed by atoms with Crippen LogP contribution in [0.1, 0.15) is 72.6 Å². The molecule has 0 aromatic carbocycles. The predicted molar refractivity (Wildman–Crippen MR) is 155 cm³/mol. The molecule has 0 aromatic rings. The van der Waals surface area contributed by atoms with Crippen molar-refractivity contribution in [3.05, 3.63) is 36.0 Å². The second kappa shape index (κ2) is 14.0. The molecule has 220 valence electrons. The zero-order chi connectivity index (χ0) is 28.6. The van der Waals surface area contributed by atoms with Crippen LogP contribution < -0.4 is 5.32 Å². The van der Waals surface area contributed by atoms with Crippen LogP contribution >= 0.6 is 0 Å². The molecule has 1 N–H and O–H groups in total. The fourth-order valence-electron chi connectivity index (χ4n) is 5.56. The maximum absolute atomic E-state index is 12.4. The van der Waals surface area contributed by atoms with Crippen LogP contribution in [0.3, 0.4) is 0 Å². The van der Waals surface area contributed by atoms with Crippen molar-refractivity contribution in [3.63, 3.8) is 0 Å². The SMILES string of the molecule is CC(/C=C/[C@@H]1C[C@]2(CO2)CC(C)(C)O1)=C\CC1CCC(NC(=O)/C=C\[C@H](C)OC(=O)N(C)CCN(C)C)CC1. The highest BCUT2D eigenvalue weighted by Crippen LogP contribution is 2.46. The standard InChI is InChI=1S/C31H51N3O5/c1-23(9-16-27-20-31(22-37-31)21-30(3,4)39-27)8-11-25-12-14-26(15-13-25)32-28(35)17-10-24(2)38-29(36)34(7)19-18-33(5)6/h8-10,16-17,24-27H,11-15,18-22H2,1-7H3,(H,32,35)/b16-9+,17-10-,23-8+/t24-,25?,26?,27+,31+/m0/s1. The van der Waals surface area contributed by atoms with Crippen molar-refractivity contribution in [2.45, 2.75) is 102 Å². The van der Waals surface area contributed by atoms with Gasteiger partial charge in [-0.05, 0) is 85.9 Å². The van der Waals surface area contributed by atoms with E-state index in [1.165, 1.54) is 11.6 Å². The minimum atomic E-state index is -0.468. The van der Waals surface area contributed by atoms with Gasteiger partial charge in [0.15, 0.2) is 0 Å². The Kier molecular flexibility index (Phi) is 11.2. The monoisotopic (exact) mass is 545 g/mol. The molecule has 2 heterocycles. The molecule has 8 nitrogen and oxygen atoms in total. The number of nitrogens with zero attached hydrogens (tertiary/aromatic N) is 2. The molecule has 0 unspecified atom stereocenters. The van der Waals surface area contributed by atoms with Crippen LogP contribution in [0.4, 0.5) is 4.79 Å². The largest absolute Gasteiger partial charge is 0.442 e. The number of allylic oxidation sites excluding steroid dienone is 3. The lowest BCUT2D eigenvalue weighted by Gasteiger charge is -2.38. The average Bonchev–Trinajstić information content (AvgIpc) is 3.60. The molecule has 0 aromatic heterocycles. The second-order valence-electron chi connectivity index (χ2n) is 12.7. The third-order valence-electron chi connectivity index (χ3n) is 7.88. The van der Waals surface area contributed by atoms with Crippen LogP contribution in [0, 0.1) is 5.92 Å². The van der Waals surface area contributed by atoms with Crippen LogP contribution in [-0.2, 0) is 19.0 Å². The molecule has 8 heteroatoms. The fourth-order valence-corrected chi connectivity index (χ4v) is 5.56. The second-order valence-corrected chi connectivity index (χ2v) is 12.7. The minimum Gasteiger partial charge on any atom is -0.442 e. The van der Waals surface area contributed by atoms with Crippen molar-refractivity contribution >= 4 is 12.0 Å². The first-order valence-electron chi connectivity index (χ1n) is 14.6. The molecule has 1 aliphatic carbocycles. The van der Waals surface area contributed by atoms with E-state index in [0.717, 1.165) is 58.1 Å². The Morgan fingerprint density at radius 1 is 1.10 bits per heavy atom. The van der Waals surface area contributed by atoms with E-state index in [0.29, 0.717) is 12.5 Å². The topological polar surface area (TPSA) is 83.6 Å². The molecule has 3 rings (SSSR count). The summed E-state index contributed by atoms with van der Waals surface area (Å²) in [5, 5.41) is 3.11. The fraction of sp³-hybridized carbons (Fsp3) is 0.742. The van der Waals surface area contributed by atoms with Gasteiger partial charge in [0, 0.05) is 45.1 Å². The molecule has 0 bridgehead atoms. The number of carbonyl (C=O) groups is 2. The number of hydrogen-bond acceptors (Lipinski definition) is 6. The minimum absolute atomic E-state index is 0.0476. The summed E-state index contributed by atoms with van der Waals surface area (Å²) in [6, 6.07) is 0.196. The summed E-state index contributed by atoms with van der Waals surface area (Å²) in [4.78, 5) is 28.1. The summed E-state index contributed by atoms with van der Waals surface area (Å²) in [7, 11) is 5.63. The summed E-state index contributed by atoms with van der Waals surface area (Å²) >= 11 is 0. The van der Waals surface area contributed by atoms with Crippen molar-refractivity contribution in [1.82, 2.24) is 15.1 Å². The third kappa shape index (κ3) is 11.1. The molecule has 3 fully saturated rings. The van der Waals surface area contributed by atoms with Gasteiger partial charge >= 0.3 is 6.09 Å². The van der Waals surface area contributed by atoms with Crippen molar-refractivity contribution in [2.24, 2.45) is 5.92 Å². The lowest BCUT2D eigenvalue weighted by Crippen LogP contribution is -2.43. The van der Waals surface area contributed by atoms with Gasteiger partial charge < -0.3 is 29.3 Å². The molecule has 3 atom stereocenters. The number of epoxide rings is 1. The number of nitrogens with one attached hydrogen (secondary N) is 1. The van der Waals surface area contributed by atoms with Crippen LogP contribution in [0.2, 0.25) is 0 Å². The van der Waals surface area contributed by atoms with E-state index in [-0.39, 0.29) is 35.3 Å². The zero-order valence-electron chi connectivity index (χ0n) is 25.2. The Morgan fingerprint density at radius 3 is 2.44 bits per heavy atom. The highest BCUT2D eigenvalue weighted by Gasteiger charge is 2.53. The molecule has 2 aliphatic heterocycles. The van der Waals surface area contributed by atoms with E-state index in [9.17, 15) is 9.59 Å². The summed E-state index contributed by atoms with van der Waals surface area (Å²) in [5.41, 5.74) is 1.18. The highest BCUT2D eigenvalue weighted by molar-refractivity contribution is 5.87. The van der Waals surface area contributed by atoms with Crippen LogP contribution in [-0.4, -0.2) is 92.1 Å². The summed E-state index contributed by atoms with van der Waals surface area (Å²) in [6.07, 6.45) is 16.3. The number of likely N-dealkylation sites (N-methyl/N-ethyl adjacent to an activating group) is 2. The Morgan fingerprint density at radius 2 is 1.79 bits per heavy atom. The number of rotatable bonds is 11. The number of ether oxygens (including phenoxy) is 3. The Balaban J connectivity index is 1.32. The normalized spacial score (nSPS) is 29.6. The van der Waals surface area contributed by atoms with Gasteiger partial charge in [0.05, 0.1) is 23.9 Å². The van der Waals surface area contributed by atoms with Crippen molar-refractivity contribution in [3.8, 4) is 0 Å². The third-order valence-corrected chi connectivity index (χ3v) is 7.88. The smallest absolute Gasteiger partial charge is 0.410 e. The van der Waals surface area contributed by atoms with Gasteiger partial charge in [-0.2, -0.15) is 0 Å². The first kappa shape index (κ1) is 31.4. The van der Waals surface area contributed by atoms with Crippen molar-refractivity contribution in [1.29, 1.82) is 0 Å². The molecule has 39 heavy (non-hydrogen) atoms. The zero-order valence-corrected chi connectivity index (χ0v) is 25.2. The molecular formula is C31H51N3O5. The molecule has 3 aliphatic rings. The van der Waals surface area contributed by atoms with Crippen LogP contribution in [0.5, 0.6) is 0 Å². The summed E-state index contributed by atoms with van der Waals surface area (Å²) < 4.78 is 17.4. The highest BCUT2D eigenvalue weighted by atomic mass is 16.6. The molecule has 0 radical (unpaired) electrons. The van der Waals surface area contributed by atoms with Crippen LogP contribution in [0.25, 0.3) is 0 Å². The lowest BCUT2D eigenvalue weighted by molar-refractivity contribution is -0.117. The van der Waals surface area contributed by atoms with Crippen LogP contribution in [0.15, 0.2) is 36.0 Å². The lowest BCUT2D eigenvalue weighted by atomic mass is 9.83. The predicted octanol–water partition coefficient (Wildman–Crippen LogP) is 4.86. The molecular weight excluding hydrogens is 494 g/mol. The van der Waals surface area contributed by atoms with Crippen molar-refractivity contribution < 1.29 is 23.8 Å². The van der Waals surface area contributed by atoms with Gasteiger partial charge in [-0.1, -0.05) is 23.8 Å². The quantitative estimate of drug-likeness (QED) is 0.227. The van der Waals surface area contributed by atoms with E-state index in [4.69, 9.17) is 14.2 Å². The van der Waals surface area contributed by atoms with Gasteiger partial charge in [-0.15, -0.1) is 0 Å². The van der Waals surface area contributed by atoms with Gasteiger partial charge in [0.1, 0.15) is 6.10 Å². The summed E-state index contributed by atoms with van der Waals surface area (Å²) in [5.74, 6) is 0.517. The molecule has 2 amide bonds. The number of amides is 2. The van der Waals surface area contributed by atoms with E-state index in [2.05, 4.69) is 44.3 Å². The number of carbonyl (C=O) groups excluding carboxylic acids is 2. The Bertz CT molecular complexity index is 907.